The number of hydrogen-bond donors (Lipinski definition) is 1. The molecule has 0 bridgehead atoms. The number of carbonyl (C=O) groups excluding carboxylic acids is 1. The molecule has 3 aromatic rings. The number of nitrogens with zero attached hydrogens (tertiary/aromatic N) is 2. The van der Waals surface area contributed by atoms with Crippen molar-refractivity contribution in [2.24, 2.45) is 0 Å². The number of amides is 1. The van der Waals surface area contributed by atoms with Crippen molar-refractivity contribution in [1.29, 1.82) is 0 Å². The van der Waals surface area contributed by atoms with Gasteiger partial charge in [0.1, 0.15) is 11.8 Å². The first-order valence-electron chi connectivity index (χ1n) is 10.2. The van der Waals surface area contributed by atoms with E-state index in [1.165, 1.54) is 6.08 Å². The summed E-state index contributed by atoms with van der Waals surface area (Å²) in [5.74, 6) is 0.762. The Hall–Kier alpha value is -3.00. The van der Waals surface area contributed by atoms with Gasteiger partial charge in [-0.15, -0.1) is 0 Å². The summed E-state index contributed by atoms with van der Waals surface area (Å²) in [6.07, 6.45) is 3.07. The highest BCUT2D eigenvalue weighted by molar-refractivity contribution is 6.31. The average molecular weight is 490 g/mol. The topological polar surface area (TPSA) is 74.6 Å². The lowest BCUT2D eigenvalue weighted by Crippen LogP contribution is -2.09. The molecule has 0 aliphatic carbocycles. The summed E-state index contributed by atoms with van der Waals surface area (Å²) in [6.45, 7) is 3.14. The minimum absolute atomic E-state index is 0.316. The van der Waals surface area contributed by atoms with E-state index < -0.39 is 0 Å². The van der Waals surface area contributed by atoms with Gasteiger partial charge in [-0.2, -0.15) is 5.10 Å². The lowest BCUT2D eigenvalue weighted by molar-refractivity contribution is -0.111. The van der Waals surface area contributed by atoms with Crippen molar-refractivity contribution in [3.8, 4) is 11.5 Å². The van der Waals surface area contributed by atoms with E-state index in [2.05, 4.69) is 10.4 Å². The zero-order chi connectivity index (χ0) is 23.8. The van der Waals surface area contributed by atoms with Gasteiger partial charge in [0.05, 0.1) is 26.0 Å². The van der Waals surface area contributed by atoms with E-state index in [1.54, 1.807) is 43.2 Å². The molecule has 7 nitrogen and oxygen atoms in total. The molecule has 0 saturated carbocycles. The van der Waals surface area contributed by atoms with E-state index >= 15 is 0 Å². The molecule has 0 radical (unpaired) electrons. The molecule has 0 aliphatic rings. The fourth-order valence-corrected chi connectivity index (χ4v) is 3.49. The highest BCUT2D eigenvalue weighted by atomic mass is 35.5. The first kappa shape index (κ1) is 24.6. The predicted octanol–water partition coefficient (Wildman–Crippen LogP) is 5.23. The van der Waals surface area contributed by atoms with Gasteiger partial charge in [0.25, 0.3) is 0 Å². The van der Waals surface area contributed by atoms with E-state index in [0.717, 1.165) is 11.3 Å². The fourth-order valence-electron chi connectivity index (χ4n) is 3.07. The van der Waals surface area contributed by atoms with Crippen LogP contribution in [0.4, 0.5) is 5.69 Å². The maximum absolute atomic E-state index is 12.5. The van der Waals surface area contributed by atoms with Crippen LogP contribution in [0, 0.1) is 6.92 Å². The van der Waals surface area contributed by atoms with Crippen LogP contribution in [-0.2, 0) is 16.1 Å². The number of rotatable bonds is 10. The minimum Gasteiger partial charge on any atom is -0.493 e. The quantitative estimate of drug-likeness (QED) is 0.311. The average Bonchev–Trinajstić information content (AvgIpc) is 3.06. The van der Waals surface area contributed by atoms with Crippen LogP contribution in [0.3, 0.4) is 0 Å². The summed E-state index contributed by atoms with van der Waals surface area (Å²) in [6, 6.07) is 12.6. The lowest BCUT2D eigenvalue weighted by atomic mass is 10.2. The van der Waals surface area contributed by atoms with Gasteiger partial charge >= 0.3 is 0 Å². The third-order valence-corrected chi connectivity index (χ3v) is 5.38. The lowest BCUT2D eigenvalue weighted by Gasteiger charge is -2.12. The van der Waals surface area contributed by atoms with Crippen LogP contribution in [0.5, 0.6) is 11.5 Å². The molecule has 1 N–H and O–H groups in total. The molecule has 0 spiro atoms. The Bertz CT molecular complexity index is 1130. The van der Waals surface area contributed by atoms with Gasteiger partial charge in [0.15, 0.2) is 11.5 Å². The van der Waals surface area contributed by atoms with Crippen LogP contribution in [-0.4, -0.2) is 43.1 Å². The zero-order valence-corrected chi connectivity index (χ0v) is 20.1. The summed E-state index contributed by atoms with van der Waals surface area (Å²) >= 11 is 12.5. The third-order valence-electron chi connectivity index (χ3n) is 4.73. The predicted molar refractivity (Wildman–Crippen MR) is 131 cm³/mol. The van der Waals surface area contributed by atoms with Crippen LogP contribution in [0.1, 0.15) is 16.8 Å². The Balaban J connectivity index is 1.68. The van der Waals surface area contributed by atoms with E-state index in [1.807, 2.05) is 31.2 Å². The van der Waals surface area contributed by atoms with Gasteiger partial charge in [-0.3, -0.25) is 4.79 Å². The molecule has 1 heterocycles. The van der Waals surface area contributed by atoms with Crippen molar-refractivity contribution in [1.82, 2.24) is 9.78 Å². The summed E-state index contributed by atoms with van der Waals surface area (Å²) in [7, 11) is 3.15. The number of methoxy groups -OCH3 is 2. The molecule has 0 atom stereocenters. The van der Waals surface area contributed by atoms with Crippen LogP contribution >= 0.6 is 23.2 Å². The highest BCUT2D eigenvalue weighted by Gasteiger charge is 2.12. The van der Waals surface area contributed by atoms with Crippen LogP contribution in [0.15, 0.2) is 48.5 Å². The van der Waals surface area contributed by atoms with Crippen molar-refractivity contribution >= 4 is 40.9 Å². The number of anilines is 1. The second-order valence-corrected chi connectivity index (χ2v) is 7.90. The van der Waals surface area contributed by atoms with Gasteiger partial charge in [-0.05, 0) is 42.8 Å². The van der Waals surface area contributed by atoms with Crippen molar-refractivity contribution < 1.29 is 19.0 Å². The molecule has 1 aromatic heterocycles. The Morgan fingerprint density at radius 3 is 2.55 bits per heavy atom. The van der Waals surface area contributed by atoms with Gasteiger partial charge in [-0.25, -0.2) is 4.68 Å². The molecule has 0 fully saturated rings. The first-order chi connectivity index (χ1) is 15.9. The largest absolute Gasteiger partial charge is 0.493 e. The molecular formula is C24H25Cl2N3O4. The number of nitrogens with one attached hydrogen (secondary N) is 1. The van der Waals surface area contributed by atoms with Gasteiger partial charge in [-0.1, -0.05) is 35.3 Å². The van der Waals surface area contributed by atoms with Crippen molar-refractivity contribution in [2.75, 3.05) is 32.8 Å². The zero-order valence-electron chi connectivity index (χ0n) is 18.6. The molecule has 3 rings (SSSR count). The monoisotopic (exact) mass is 489 g/mol. The Morgan fingerprint density at radius 2 is 1.85 bits per heavy atom. The van der Waals surface area contributed by atoms with E-state index in [4.69, 9.17) is 37.4 Å². The Labute approximate surface area is 202 Å². The number of carbonyl (C=O) groups is 1. The van der Waals surface area contributed by atoms with Crippen molar-refractivity contribution in [2.45, 2.75) is 13.5 Å². The Kier molecular flexibility index (Phi) is 8.77. The number of halogens is 2. The van der Waals surface area contributed by atoms with Crippen LogP contribution < -0.4 is 14.8 Å². The standard InChI is InChI=1S/C24H25Cl2N3O4/c1-16-20(24(26)29(28-16)15-17-4-6-18(25)7-5-17)9-11-23(30)27-19-8-10-21(32-3)22(14-19)33-13-12-31-2/h4-11,14H,12-13,15H2,1-3H3,(H,27,30)/b11-9+. The molecule has 1 amide bonds. The Morgan fingerprint density at radius 1 is 1.09 bits per heavy atom. The molecule has 0 unspecified atom stereocenters. The molecule has 0 saturated heterocycles. The highest BCUT2D eigenvalue weighted by Crippen LogP contribution is 2.30. The SMILES string of the molecule is COCCOc1cc(NC(=O)/C=C/c2c(C)nn(Cc3ccc(Cl)cc3)c2Cl)ccc1OC. The molecule has 2 aromatic carbocycles. The molecule has 33 heavy (non-hydrogen) atoms. The second kappa shape index (κ2) is 11.7. The first-order valence-corrected chi connectivity index (χ1v) is 10.9. The molecule has 9 heteroatoms. The number of hydrogen-bond acceptors (Lipinski definition) is 5. The van der Waals surface area contributed by atoms with E-state index in [9.17, 15) is 4.79 Å². The number of benzene rings is 2. The summed E-state index contributed by atoms with van der Waals surface area (Å²) in [5.41, 5.74) is 2.98. The van der Waals surface area contributed by atoms with Gasteiger partial charge < -0.3 is 19.5 Å². The van der Waals surface area contributed by atoms with Crippen molar-refractivity contribution in [3.63, 3.8) is 0 Å². The van der Waals surface area contributed by atoms with Crippen LogP contribution in [0.25, 0.3) is 6.08 Å². The minimum atomic E-state index is -0.316. The molecule has 174 valence electrons. The van der Waals surface area contributed by atoms with E-state index in [0.29, 0.717) is 52.7 Å². The number of aromatic nitrogens is 2. The molecule has 0 aliphatic heterocycles. The number of aryl methyl sites for hydroxylation is 1. The fraction of sp³-hybridized carbons (Fsp3) is 0.250. The van der Waals surface area contributed by atoms with Crippen molar-refractivity contribution in [3.05, 3.63) is 75.5 Å². The molecular weight excluding hydrogens is 465 g/mol. The normalized spacial score (nSPS) is 11.1. The second-order valence-electron chi connectivity index (χ2n) is 7.10. The number of ether oxygens (including phenoxy) is 3. The van der Waals surface area contributed by atoms with E-state index in [-0.39, 0.29) is 5.91 Å². The maximum Gasteiger partial charge on any atom is 0.248 e. The van der Waals surface area contributed by atoms with Gasteiger partial charge in [0.2, 0.25) is 5.91 Å². The summed E-state index contributed by atoms with van der Waals surface area (Å²) < 4.78 is 17.6. The van der Waals surface area contributed by atoms with Crippen LogP contribution in [0.2, 0.25) is 10.2 Å². The van der Waals surface area contributed by atoms with Gasteiger partial charge in [0, 0.05) is 35.5 Å². The summed E-state index contributed by atoms with van der Waals surface area (Å²) in [5, 5.41) is 8.41. The maximum atomic E-state index is 12.5. The smallest absolute Gasteiger partial charge is 0.248 e. The third kappa shape index (κ3) is 6.74. The summed E-state index contributed by atoms with van der Waals surface area (Å²) in [4.78, 5) is 12.5.